The zero-order valence-corrected chi connectivity index (χ0v) is 27.7. The third-order valence-corrected chi connectivity index (χ3v) is 15.0. The lowest BCUT2D eigenvalue weighted by Crippen LogP contribution is -2.67. The highest BCUT2D eigenvalue weighted by Gasteiger charge is 2.71. The molecular weight excluding hydrogens is 500 g/mol. The van der Waals surface area contributed by atoms with E-state index in [1.807, 2.05) is 0 Å². The molecule has 5 aliphatic rings. The normalized spacial score (nSPS) is 47.7. The molecule has 0 saturated heterocycles. The first-order valence-electron chi connectivity index (χ1n) is 17.1. The molecule has 0 radical (unpaired) electrons. The summed E-state index contributed by atoms with van der Waals surface area (Å²) in [4.78, 5) is 12.5. The van der Waals surface area contributed by atoms with Gasteiger partial charge in [0.1, 0.15) is 6.10 Å². The summed E-state index contributed by atoms with van der Waals surface area (Å²) in [5, 5.41) is 0. The average molecular weight is 559 g/mol. The van der Waals surface area contributed by atoms with Gasteiger partial charge in [-0.2, -0.15) is 0 Å². The second kappa shape index (κ2) is 9.72. The number of hydrogen-bond acceptors (Lipinski definition) is 2. The molecule has 0 unspecified atom stereocenters. The van der Waals surface area contributed by atoms with Crippen molar-refractivity contribution in [1.29, 1.82) is 0 Å². The highest BCUT2D eigenvalue weighted by atomic mass is 16.5. The molecule has 6 rings (SSSR count). The van der Waals surface area contributed by atoms with Crippen LogP contribution < -0.4 is 0 Å². The van der Waals surface area contributed by atoms with Crippen LogP contribution in [-0.4, -0.2) is 12.1 Å². The molecule has 0 aliphatic heterocycles. The number of esters is 1. The minimum Gasteiger partial charge on any atom is -0.457 e. The maximum absolute atomic E-state index is 12.5. The van der Waals surface area contributed by atoms with Gasteiger partial charge in [0.05, 0.1) is 0 Å². The molecule has 0 heterocycles. The standard InChI is InChI=1S/C39H58O2/c1-25(2)29-17-19-36(6)21-22-38(8)30(33(29)36)15-16-32-37(7)24-28(23-27-13-11-10-12-14-27)34(41-26(3)40)35(4,5)31(37)18-20-39(32,38)9/h10-14,23,25,29-34H,15-22,24H2,1-9H3/b28-23-/t29-,30+,31-,32-,33+,34+,36-,37-,38+,39+/m0/s1. The molecule has 2 nitrogen and oxygen atoms in total. The molecule has 2 heteroatoms. The Morgan fingerprint density at radius 1 is 0.854 bits per heavy atom. The molecule has 0 spiro atoms. The topological polar surface area (TPSA) is 26.3 Å². The fraction of sp³-hybridized carbons (Fsp3) is 0.769. The van der Waals surface area contributed by atoms with Crippen LogP contribution >= 0.6 is 0 Å². The Bertz CT molecular complexity index is 1200. The molecule has 0 aromatic heterocycles. The molecule has 1 aromatic rings. The monoisotopic (exact) mass is 558 g/mol. The molecule has 10 atom stereocenters. The molecule has 0 bridgehead atoms. The Hall–Kier alpha value is -1.57. The van der Waals surface area contributed by atoms with E-state index in [1.165, 1.54) is 62.5 Å². The number of ether oxygens (including phenoxy) is 1. The van der Waals surface area contributed by atoms with Crippen molar-refractivity contribution >= 4 is 12.0 Å². The summed E-state index contributed by atoms with van der Waals surface area (Å²) in [7, 11) is 0. The average Bonchev–Trinajstić information content (AvgIpc) is 3.25. The molecule has 0 N–H and O–H groups in total. The number of carbonyl (C=O) groups excluding carboxylic acids is 1. The van der Waals surface area contributed by atoms with Crippen molar-refractivity contribution in [3.63, 3.8) is 0 Å². The van der Waals surface area contributed by atoms with Gasteiger partial charge in [0.15, 0.2) is 0 Å². The Labute approximate surface area is 251 Å². The maximum Gasteiger partial charge on any atom is 0.303 e. The largest absolute Gasteiger partial charge is 0.457 e. The van der Waals surface area contributed by atoms with Crippen molar-refractivity contribution < 1.29 is 9.53 Å². The third-order valence-electron chi connectivity index (χ3n) is 15.0. The molecule has 5 aliphatic carbocycles. The summed E-state index contributed by atoms with van der Waals surface area (Å²) in [5.74, 6) is 4.56. The van der Waals surface area contributed by atoms with Crippen LogP contribution in [0.3, 0.4) is 0 Å². The summed E-state index contributed by atoms with van der Waals surface area (Å²) < 4.78 is 6.24. The molecule has 41 heavy (non-hydrogen) atoms. The van der Waals surface area contributed by atoms with Crippen molar-refractivity contribution in [3.8, 4) is 0 Å². The highest BCUT2D eigenvalue weighted by molar-refractivity contribution is 5.67. The number of rotatable bonds is 3. The maximum atomic E-state index is 12.5. The van der Waals surface area contributed by atoms with E-state index < -0.39 is 0 Å². The number of carbonyl (C=O) groups is 1. The van der Waals surface area contributed by atoms with Crippen LogP contribution in [-0.2, 0) is 9.53 Å². The van der Waals surface area contributed by atoms with Crippen LogP contribution in [0.25, 0.3) is 6.08 Å². The Morgan fingerprint density at radius 3 is 2.22 bits per heavy atom. The first-order chi connectivity index (χ1) is 19.2. The van der Waals surface area contributed by atoms with Crippen LogP contribution in [0.4, 0.5) is 0 Å². The van der Waals surface area contributed by atoms with Gasteiger partial charge >= 0.3 is 5.97 Å². The van der Waals surface area contributed by atoms with Gasteiger partial charge in [-0.05, 0) is 126 Å². The SMILES string of the molecule is CC(=O)O[C@@H]1/C(=C\c2ccccc2)C[C@@]2(C)[C@@H](CC[C@]3(C)[C@H]2CC[C@@H]2[C@H]4[C@H](C(C)C)CC[C@@]4(C)CC[C@]23C)C1(C)C. The van der Waals surface area contributed by atoms with E-state index in [-0.39, 0.29) is 22.9 Å². The summed E-state index contributed by atoms with van der Waals surface area (Å²) in [6, 6.07) is 10.7. The van der Waals surface area contributed by atoms with Gasteiger partial charge in [-0.3, -0.25) is 4.79 Å². The second-order valence-electron chi connectivity index (χ2n) is 17.4. The van der Waals surface area contributed by atoms with E-state index >= 15 is 0 Å². The Morgan fingerprint density at radius 2 is 1.56 bits per heavy atom. The predicted octanol–water partition coefficient (Wildman–Crippen LogP) is 10.4. The molecule has 1 aromatic carbocycles. The van der Waals surface area contributed by atoms with E-state index in [9.17, 15) is 4.79 Å². The Kier molecular flexibility index (Phi) is 6.99. The quantitative estimate of drug-likeness (QED) is 0.345. The predicted molar refractivity (Wildman–Crippen MR) is 170 cm³/mol. The van der Waals surface area contributed by atoms with Crippen molar-refractivity contribution in [3.05, 3.63) is 41.5 Å². The molecular formula is C39H58O2. The van der Waals surface area contributed by atoms with Gasteiger partial charge in [0.2, 0.25) is 0 Å². The molecule has 226 valence electrons. The van der Waals surface area contributed by atoms with E-state index in [0.29, 0.717) is 28.1 Å². The van der Waals surface area contributed by atoms with E-state index in [4.69, 9.17) is 4.74 Å². The van der Waals surface area contributed by atoms with Gasteiger partial charge in [-0.25, -0.2) is 0 Å². The lowest BCUT2D eigenvalue weighted by molar-refractivity contribution is -0.242. The van der Waals surface area contributed by atoms with Crippen LogP contribution in [0.5, 0.6) is 0 Å². The minimum atomic E-state index is -0.157. The van der Waals surface area contributed by atoms with Crippen LogP contribution in [0.15, 0.2) is 35.9 Å². The number of fused-ring (bicyclic) bond motifs is 7. The van der Waals surface area contributed by atoms with Crippen LogP contribution in [0.2, 0.25) is 0 Å². The summed E-state index contributed by atoms with van der Waals surface area (Å²) >= 11 is 0. The van der Waals surface area contributed by atoms with Crippen molar-refractivity contribution in [2.24, 2.45) is 62.6 Å². The van der Waals surface area contributed by atoms with Crippen molar-refractivity contribution in [2.75, 3.05) is 0 Å². The first kappa shape index (κ1) is 29.5. The minimum absolute atomic E-state index is 0.0995. The van der Waals surface area contributed by atoms with Gasteiger partial charge in [-0.15, -0.1) is 0 Å². The lowest BCUT2D eigenvalue weighted by atomic mass is 9.32. The third kappa shape index (κ3) is 4.18. The molecule has 0 amide bonds. The number of benzene rings is 1. The summed E-state index contributed by atoms with van der Waals surface area (Å²) in [6.07, 6.45) is 14.4. The van der Waals surface area contributed by atoms with Gasteiger partial charge in [0, 0.05) is 12.3 Å². The second-order valence-corrected chi connectivity index (χ2v) is 17.4. The van der Waals surface area contributed by atoms with Gasteiger partial charge in [0.25, 0.3) is 0 Å². The van der Waals surface area contributed by atoms with E-state index in [0.717, 1.165) is 30.1 Å². The summed E-state index contributed by atoms with van der Waals surface area (Å²) in [6.45, 7) is 22.3. The molecule has 5 saturated carbocycles. The van der Waals surface area contributed by atoms with Crippen molar-refractivity contribution in [2.45, 2.75) is 126 Å². The zero-order valence-electron chi connectivity index (χ0n) is 27.7. The van der Waals surface area contributed by atoms with Crippen LogP contribution in [0, 0.1) is 62.6 Å². The first-order valence-corrected chi connectivity index (χ1v) is 17.1. The van der Waals surface area contributed by atoms with Gasteiger partial charge < -0.3 is 4.74 Å². The smallest absolute Gasteiger partial charge is 0.303 e. The van der Waals surface area contributed by atoms with E-state index in [2.05, 4.69) is 91.8 Å². The zero-order chi connectivity index (χ0) is 29.6. The highest BCUT2D eigenvalue weighted by Crippen LogP contribution is 2.77. The fourth-order valence-corrected chi connectivity index (χ4v) is 13.1. The Balaban J connectivity index is 1.41. The van der Waals surface area contributed by atoms with Gasteiger partial charge in [-0.1, -0.05) is 91.8 Å². The van der Waals surface area contributed by atoms with Crippen LogP contribution in [0.1, 0.15) is 126 Å². The summed E-state index contributed by atoms with van der Waals surface area (Å²) in [5.41, 5.74) is 3.98. The lowest BCUT2D eigenvalue weighted by Gasteiger charge is -2.73. The molecule has 5 fully saturated rings. The number of hydrogen-bond donors (Lipinski definition) is 0. The fourth-order valence-electron chi connectivity index (χ4n) is 13.1. The van der Waals surface area contributed by atoms with E-state index in [1.54, 1.807) is 6.92 Å². The van der Waals surface area contributed by atoms with Crippen molar-refractivity contribution in [1.82, 2.24) is 0 Å².